The molecular formula is C33H47N4O2+. The highest BCUT2D eigenvalue weighted by Crippen LogP contribution is 2.45. The molecule has 1 atom stereocenters. The van der Waals surface area contributed by atoms with Crippen LogP contribution in [0.25, 0.3) is 10.8 Å². The Balaban J connectivity index is 1.53. The maximum Gasteiger partial charge on any atom is 0.224 e. The van der Waals surface area contributed by atoms with Gasteiger partial charge in [0.15, 0.2) is 0 Å². The van der Waals surface area contributed by atoms with Crippen LogP contribution in [-0.4, -0.2) is 73.7 Å². The summed E-state index contributed by atoms with van der Waals surface area (Å²) in [5, 5.41) is 2.23. The molecule has 39 heavy (non-hydrogen) atoms. The lowest BCUT2D eigenvalue weighted by Gasteiger charge is -2.46. The van der Waals surface area contributed by atoms with Crippen molar-refractivity contribution < 1.29 is 14.0 Å². The second-order valence-corrected chi connectivity index (χ2v) is 11.9. The average molecular weight is 532 g/mol. The summed E-state index contributed by atoms with van der Waals surface area (Å²) < 4.78 is 7.11. The van der Waals surface area contributed by atoms with E-state index in [1.54, 1.807) is 0 Å². The summed E-state index contributed by atoms with van der Waals surface area (Å²) >= 11 is 0. The Hall–Kier alpha value is -2.96. The summed E-state index contributed by atoms with van der Waals surface area (Å²) in [6.07, 6.45) is 4.82. The molecule has 210 valence electrons. The van der Waals surface area contributed by atoms with E-state index in [0.717, 1.165) is 86.3 Å². The Morgan fingerprint density at radius 3 is 2.44 bits per heavy atom. The fourth-order valence-corrected chi connectivity index (χ4v) is 6.11. The van der Waals surface area contributed by atoms with Crippen molar-refractivity contribution in [3.05, 3.63) is 71.9 Å². The molecule has 2 N–H and O–H groups in total. The van der Waals surface area contributed by atoms with Gasteiger partial charge in [-0.2, -0.15) is 0 Å². The van der Waals surface area contributed by atoms with E-state index in [4.69, 9.17) is 15.5 Å². The highest BCUT2D eigenvalue weighted by atomic mass is 16.5. The number of unbranched alkanes of at least 4 members (excludes halogenated alkanes) is 1. The molecule has 6 heteroatoms. The standard InChI is InChI=1S/C33H46N4O2/c1-5-7-16-28-24-27-15-11-12-17-29(27)31(35-28)39-23-22-37(3,4)25-30(26-13-9-8-10-14-26)33(32(34)38)18-20-36(6-2)21-19-33/h8-15,17,24,30H,5-7,16,18-23,25H2,1-4H3,(H-,34,38)/p+1. The van der Waals surface area contributed by atoms with E-state index in [9.17, 15) is 4.79 Å². The number of aryl methyl sites for hydroxylation is 1. The molecule has 1 amide bonds. The second kappa shape index (κ2) is 12.9. The number of aromatic nitrogens is 1. The predicted octanol–water partition coefficient (Wildman–Crippen LogP) is 5.40. The normalized spacial score (nSPS) is 16.7. The quantitative estimate of drug-likeness (QED) is 0.300. The van der Waals surface area contributed by atoms with Crippen LogP contribution in [0, 0.1) is 5.41 Å². The first-order valence-electron chi connectivity index (χ1n) is 14.7. The smallest absolute Gasteiger partial charge is 0.224 e. The zero-order valence-corrected chi connectivity index (χ0v) is 24.4. The summed E-state index contributed by atoms with van der Waals surface area (Å²) in [5.74, 6) is 0.601. The van der Waals surface area contributed by atoms with Gasteiger partial charge < -0.3 is 19.9 Å². The lowest BCUT2D eigenvalue weighted by atomic mass is 9.65. The number of nitrogens with two attached hydrogens (primary N) is 1. The van der Waals surface area contributed by atoms with Crippen LogP contribution in [0.2, 0.25) is 0 Å². The number of likely N-dealkylation sites (tertiary alicyclic amines) is 1. The zero-order chi connectivity index (χ0) is 27.9. The van der Waals surface area contributed by atoms with E-state index in [-0.39, 0.29) is 11.8 Å². The maximum atomic E-state index is 13.2. The highest BCUT2D eigenvalue weighted by Gasteiger charge is 2.49. The fraction of sp³-hybridized carbons (Fsp3) is 0.515. The van der Waals surface area contributed by atoms with Crippen LogP contribution in [0.1, 0.15) is 56.7 Å². The number of ether oxygens (including phenoxy) is 1. The van der Waals surface area contributed by atoms with E-state index >= 15 is 0 Å². The number of amides is 1. The van der Waals surface area contributed by atoms with E-state index in [1.165, 1.54) is 10.9 Å². The maximum absolute atomic E-state index is 13.2. The number of pyridine rings is 1. The van der Waals surface area contributed by atoms with E-state index < -0.39 is 5.41 Å². The molecule has 3 aromatic rings. The van der Waals surface area contributed by atoms with Crippen molar-refractivity contribution in [2.45, 2.75) is 51.9 Å². The van der Waals surface area contributed by atoms with Gasteiger partial charge in [0.25, 0.3) is 0 Å². The molecule has 1 aliphatic rings. The van der Waals surface area contributed by atoms with Gasteiger partial charge in [-0.3, -0.25) is 4.79 Å². The molecule has 2 aromatic carbocycles. The van der Waals surface area contributed by atoms with Crippen LogP contribution in [-0.2, 0) is 11.2 Å². The first-order valence-corrected chi connectivity index (χ1v) is 14.7. The highest BCUT2D eigenvalue weighted by molar-refractivity contribution is 5.87. The van der Waals surface area contributed by atoms with Gasteiger partial charge in [0.05, 0.1) is 26.1 Å². The monoisotopic (exact) mass is 531 g/mol. The van der Waals surface area contributed by atoms with Gasteiger partial charge in [-0.25, -0.2) is 4.98 Å². The number of likely N-dealkylation sites (N-methyl/N-ethyl adjacent to an activating group) is 1. The van der Waals surface area contributed by atoms with Crippen molar-refractivity contribution >= 4 is 16.7 Å². The third-order valence-electron chi connectivity index (χ3n) is 8.71. The number of quaternary nitrogens is 1. The van der Waals surface area contributed by atoms with Gasteiger partial charge in [0.1, 0.15) is 13.2 Å². The SMILES string of the molecule is CCCCc1cc2ccccc2c(OCC[N+](C)(C)CC(c2ccccc2)C2(C(N)=O)CCN(CC)CC2)n1. The molecule has 2 heterocycles. The molecule has 1 unspecified atom stereocenters. The molecule has 1 saturated heterocycles. The van der Waals surface area contributed by atoms with Crippen molar-refractivity contribution in [2.75, 3.05) is 53.4 Å². The number of fused-ring (bicyclic) bond motifs is 1. The minimum Gasteiger partial charge on any atom is -0.471 e. The van der Waals surface area contributed by atoms with Crippen LogP contribution in [0.4, 0.5) is 0 Å². The van der Waals surface area contributed by atoms with Gasteiger partial charge in [0.2, 0.25) is 11.8 Å². The van der Waals surface area contributed by atoms with Crippen molar-refractivity contribution in [1.29, 1.82) is 0 Å². The molecule has 0 saturated carbocycles. The number of primary amides is 1. The molecule has 4 rings (SSSR count). The molecule has 6 nitrogen and oxygen atoms in total. The van der Waals surface area contributed by atoms with Crippen molar-refractivity contribution in [1.82, 2.24) is 9.88 Å². The summed E-state index contributed by atoms with van der Waals surface area (Å²) in [4.78, 5) is 20.5. The second-order valence-electron chi connectivity index (χ2n) is 11.9. The molecule has 0 radical (unpaired) electrons. The summed E-state index contributed by atoms with van der Waals surface area (Å²) in [5.41, 5.74) is 7.97. The lowest BCUT2D eigenvalue weighted by molar-refractivity contribution is -0.892. The van der Waals surface area contributed by atoms with Crippen LogP contribution in [0.3, 0.4) is 0 Å². The van der Waals surface area contributed by atoms with E-state index in [2.05, 4.69) is 81.4 Å². The number of benzene rings is 2. The van der Waals surface area contributed by atoms with Crippen molar-refractivity contribution in [3.8, 4) is 5.88 Å². The molecule has 0 spiro atoms. The van der Waals surface area contributed by atoms with Crippen LogP contribution >= 0.6 is 0 Å². The minimum absolute atomic E-state index is 0.0431. The number of nitrogens with zero attached hydrogens (tertiary/aromatic N) is 3. The minimum atomic E-state index is -0.547. The Morgan fingerprint density at radius 2 is 1.77 bits per heavy atom. The molecule has 0 aliphatic carbocycles. The topological polar surface area (TPSA) is 68.5 Å². The van der Waals surface area contributed by atoms with Crippen molar-refractivity contribution in [3.63, 3.8) is 0 Å². The van der Waals surface area contributed by atoms with Gasteiger partial charge in [-0.15, -0.1) is 0 Å². The first-order chi connectivity index (χ1) is 18.8. The number of carbonyl (C=O) groups excluding carboxylic acids is 1. The van der Waals surface area contributed by atoms with E-state index in [1.807, 2.05) is 12.1 Å². The third-order valence-corrected chi connectivity index (χ3v) is 8.71. The molecular weight excluding hydrogens is 484 g/mol. The van der Waals surface area contributed by atoms with Gasteiger partial charge in [0, 0.05) is 17.0 Å². The van der Waals surface area contributed by atoms with E-state index in [0.29, 0.717) is 6.61 Å². The fourth-order valence-electron chi connectivity index (χ4n) is 6.11. The lowest BCUT2D eigenvalue weighted by Crippen LogP contribution is -2.55. The van der Waals surface area contributed by atoms with Crippen LogP contribution in [0.5, 0.6) is 5.88 Å². The Bertz CT molecular complexity index is 1220. The molecule has 1 fully saturated rings. The first kappa shape index (κ1) is 29.0. The summed E-state index contributed by atoms with van der Waals surface area (Å²) in [6, 6.07) is 21.0. The number of carbonyl (C=O) groups is 1. The zero-order valence-electron chi connectivity index (χ0n) is 24.4. The molecule has 0 bridgehead atoms. The van der Waals surface area contributed by atoms with Gasteiger partial charge in [-0.05, 0) is 68.4 Å². The third kappa shape index (κ3) is 6.98. The Labute approximate surface area is 234 Å². The number of hydrogen-bond acceptors (Lipinski definition) is 4. The molecule has 1 aromatic heterocycles. The van der Waals surface area contributed by atoms with Crippen LogP contribution < -0.4 is 10.5 Å². The average Bonchev–Trinajstić information content (AvgIpc) is 2.95. The van der Waals surface area contributed by atoms with Gasteiger partial charge >= 0.3 is 0 Å². The summed E-state index contributed by atoms with van der Waals surface area (Å²) in [7, 11) is 4.47. The molecule has 1 aliphatic heterocycles. The van der Waals surface area contributed by atoms with Gasteiger partial charge in [-0.1, -0.05) is 68.8 Å². The largest absolute Gasteiger partial charge is 0.471 e. The number of hydrogen-bond donors (Lipinski definition) is 1. The summed E-state index contributed by atoms with van der Waals surface area (Å²) in [6.45, 7) is 9.38. The predicted molar refractivity (Wildman–Crippen MR) is 160 cm³/mol. The van der Waals surface area contributed by atoms with Crippen LogP contribution in [0.15, 0.2) is 60.7 Å². The van der Waals surface area contributed by atoms with Crippen molar-refractivity contribution in [2.24, 2.45) is 11.1 Å². The Kier molecular flexibility index (Phi) is 9.62. The Morgan fingerprint density at radius 1 is 1.08 bits per heavy atom. The number of rotatable bonds is 13. The number of piperidine rings is 1.